The lowest BCUT2D eigenvalue weighted by atomic mass is 9.91. The lowest BCUT2D eigenvalue weighted by Crippen LogP contribution is -2.53. The van der Waals surface area contributed by atoms with E-state index in [9.17, 15) is 4.79 Å². The summed E-state index contributed by atoms with van der Waals surface area (Å²) in [5.74, 6) is 1.26. The van der Waals surface area contributed by atoms with Crippen molar-refractivity contribution in [1.82, 2.24) is 14.8 Å². The summed E-state index contributed by atoms with van der Waals surface area (Å²) in [6.07, 6.45) is 4.28. The van der Waals surface area contributed by atoms with Crippen molar-refractivity contribution in [1.29, 1.82) is 0 Å². The van der Waals surface area contributed by atoms with E-state index in [2.05, 4.69) is 22.5 Å². The minimum Gasteiger partial charge on any atom is -0.444 e. The zero-order valence-electron chi connectivity index (χ0n) is 11.8. The number of nitrogens with zero attached hydrogens (tertiary/aromatic N) is 3. The molecule has 110 valence electrons. The van der Waals surface area contributed by atoms with Gasteiger partial charge in [-0.15, -0.1) is 12.6 Å². The highest BCUT2D eigenvalue weighted by atomic mass is 32.1. The molecule has 1 aromatic rings. The fourth-order valence-electron chi connectivity index (χ4n) is 2.91. The molecule has 0 atom stereocenters. The van der Waals surface area contributed by atoms with Gasteiger partial charge in [-0.2, -0.15) is 0 Å². The second-order valence-corrected chi connectivity index (χ2v) is 6.08. The van der Waals surface area contributed by atoms with Crippen molar-refractivity contribution in [2.45, 2.75) is 43.7 Å². The van der Waals surface area contributed by atoms with Crippen LogP contribution < -0.4 is 0 Å². The van der Waals surface area contributed by atoms with Gasteiger partial charge in [0, 0.05) is 39.1 Å². The molecule has 1 saturated heterocycles. The molecule has 0 aromatic carbocycles. The smallest absolute Gasteiger partial charge is 0.230 e. The highest BCUT2D eigenvalue weighted by Gasteiger charge is 2.29. The number of aryl methyl sites for hydroxylation is 1. The molecule has 0 unspecified atom stereocenters. The summed E-state index contributed by atoms with van der Waals surface area (Å²) in [5, 5.41) is 0.531. The maximum absolute atomic E-state index is 12.3. The molecule has 5 nitrogen and oxygen atoms in total. The molecule has 2 aliphatic rings. The molecule has 6 heteroatoms. The fraction of sp³-hybridized carbons (Fsp3) is 0.714. The number of hydrogen-bond acceptors (Lipinski definition) is 5. The summed E-state index contributed by atoms with van der Waals surface area (Å²) in [6, 6.07) is 0.771. The van der Waals surface area contributed by atoms with Crippen molar-refractivity contribution in [3.05, 3.63) is 11.7 Å². The first kappa shape index (κ1) is 13.9. The number of rotatable bonds is 3. The van der Waals surface area contributed by atoms with Crippen LogP contribution in [0.3, 0.4) is 0 Å². The van der Waals surface area contributed by atoms with Crippen LogP contribution in [0.2, 0.25) is 0 Å². The van der Waals surface area contributed by atoms with Gasteiger partial charge in [0.05, 0.1) is 6.42 Å². The molecular weight excluding hydrogens is 274 g/mol. The highest BCUT2D eigenvalue weighted by Crippen LogP contribution is 2.25. The minimum absolute atomic E-state index is 0.115. The van der Waals surface area contributed by atoms with Gasteiger partial charge >= 0.3 is 0 Å². The van der Waals surface area contributed by atoms with Crippen LogP contribution in [0.1, 0.15) is 30.9 Å². The third-order valence-corrected chi connectivity index (χ3v) is 4.70. The molecule has 0 N–H and O–H groups in total. The number of piperazine rings is 1. The Morgan fingerprint density at radius 3 is 2.55 bits per heavy atom. The Bertz CT molecular complexity index is 491. The normalized spacial score (nSPS) is 21.0. The van der Waals surface area contributed by atoms with Crippen LogP contribution >= 0.6 is 12.6 Å². The van der Waals surface area contributed by atoms with Crippen LogP contribution in [-0.4, -0.2) is 52.9 Å². The Hall–Kier alpha value is -1.01. The quantitative estimate of drug-likeness (QED) is 0.859. The predicted molar refractivity (Wildman–Crippen MR) is 78.0 cm³/mol. The van der Waals surface area contributed by atoms with E-state index in [4.69, 9.17) is 4.42 Å². The van der Waals surface area contributed by atoms with Gasteiger partial charge in [0.2, 0.25) is 5.91 Å². The lowest BCUT2D eigenvalue weighted by molar-refractivity contribution is -0.133. The third-order valence-electron chi connectivity index (χ3n) is 4.35. The number of thiol groups is 1. The van der Waals surface area contributed by atoms with Crippen LogP contribution in [0.4, 0.5) is 0 Å². The molecule has 0 radical (unpaired) electrons. The SMILES string of the molecule is Cc1nc(S)c(CC(=O)N2CCN(C3CCC3)CC2)o1. The molecule has 1 amide bonds. The van der Waals surface area contributed by atoms with Crippen LogP contribution in [0.5, 0.6) is 0 Å². The number of carbonyl (C=O) groups excluding carboxylic acids is 1. The fourth-order valence-corrected chi connectivity index (χ4v) is 3.18. The van der Waals surface area contributed by atoms with Crippen molar-refractivity contribution in [2.75, 3.05) is 26.2 Å². The number of aromatic nitrogens is 1. The molecule has 1 saturated carbocycles. The van der Waals surface area contributed by atoms with Gasteiger partial charge in [-0.3, -0.25) is 9.69 Å². The molecule has 1 aromatic heterocycles. The topological polar surface area (TPSA) is 49.6 Å². The first-order chi connectivity index (χ1) is 9.63. The summed E-state index contributed by atoms with van der Waals surface area (Å²) in [5.41, 5.74) is 0. The molecule has 0 bridgehead atoms. The number of amides is 1. The summed E-state index contributed by atoms with van der Waals surface area (Å²) < 4.78 is 5.42. The van der Waals surface area contributed by atoms with E-state index in [1.165, 1.54) is 19.3 Å². The summed E-state index contributed by atoms with van der Waals surface area (Å²) >= 11 is 4.23. The Kier molecular flexibility index (Phi) is 4.03. The van der Waals surface area contributed by atoms with Crippen LogP contribution in [-0.2, 0) is 11.2 Å². The van der Waals surface area contributed by atoms with E-state index >= 15 is 0 Å². The molecule has 3 rings (SSSR count). The van der Waals surface area contributed by atoms with Crippen molar-refractivity contribution < 1.29 is 9.21 Å². The van der Waals surface area contributed by atoms with Gasteiger partial charge < -0.3 is 9.32 Å². The first-order valence-electron chi connectivity index (χ1n) is 7.30. The zero-order chi connectivity index (χ0) is 14.1. The molecule has 20 heavy (non-hydrogen) atoms. The monoisotopic (exact) mass is 295 g/mol. The number of oxazole rings is 1. The Morgan fingerprint density at radius 1 is 1.35 bits per heavy atom. The van der Waals surface area contributed by atoms with Crippen LogP contribution in [0.25, 0.3) is 0 Å². The molecule has 1 aliphatic carbocycles. The molecular formula is C14H21N3O2S. The van der Waals surface area contributed by atoms with Crippen LogP contribution in [0, 0.1) is 6.92 Å². The lowest BCUT2D eigenvalue weighted by Gasteiger charge is -2.42. The van der Waals surface area contributed by atoms with Crippen LogP contribution in [0.15, 0.2) is 9.44 Å². The third kappa shape index (κ3) is 2.86. The Morgan fingerprint density at radius 2 is 2.05 bits per heavy atom. The minimum atomic E-state index is 0.115. The van der Waals surface area contributed by atoms with E-state index in [0.717, 1.165) is 32.2 Å². The maximum Gasteiger partial charge on any atom is 0.230 e. The van der Waals surface area contributed by atoms with Gasteiger partial charge in [0.1, 0.15) is 10.8 Å². The summed E-state index contributed by atoms with van der Waals surface area (Å²) in [4.78, 5) is 20.8. The first-order valence-corrected chi connectivity index (χ1v) is 7.75. The summed E-state index contributed by atoms with van der Waals surface area (Å²) in [6.45, 7) is 5.42. The van der Waals surface area contributed by atoms with Crippen molar-refractivity contribution in [3.8, 4) is 0 Å². The number of carbonyl (C=O) groups is 1. The van der Waals surface area contributed by atoms with Gasteiger partial charge in [-0.1, -0.05) is 6.42 Å². The second kappa shape index (κ2) is 5.77. The van der Waals surface area contributed by atoms with Gasteiger partial charge in [-0.25, -0.2) is 4.98 Å². The van der Waals surface area contributed by atoms with Crippen molar-refractivity contribution in [2.24, 2.45) is 0 Å². The van der Waals surface area contributed by atoms with Gasteiger partial charge in [0.25, 0.3) is 0 Å². The molecule has 1 aliphatic heterocycles. The van der Waals surface area contributed by atoms with Gasteiger partial charge in [-0.05, 0) is 12.8 Å². The number of hydrogen-bond donors (Lipinski definition) is 1. The van der Waals surface area contributed by atoms with Crippen molar-refractivity contribution in [3.63, 3.8) is 0 Å². The Balaban J connectivity index is 1.52. The summed E-state index contributed by atoms with van der Waals surface area (Å²) in [7, 11) is 0. The highest BCUT2D eigenvalue weighted by molar-refractivity contribution is 7.80. The van der Waals surface area contributed by atoms with E-state index < -0.39 is 0 Å². The van der Waals surface area contributed by atoms with E-state index in [1.807, 2.05) is 4.90 Å². The van der Waals surface area contributed by atoms with Gasteiger partial charge in [0.15, 0.2) is 5.89 Å². The molecule has 2 heterocycles. The van der Waals surface area contributed by atoms with E-state index in [0.29, 0.717) is 16.7 Å². The van der Waals surface area contributed by atoms with Crippen molar-refractivity contribution >= 4 is 18.5 Å². The molecule has 2 fully saturated rings. The maximum atomic E-state index is 12.3. The van der Waals surface area contributed by atoms with E-state index in [-0.39, 0.29) is 12.3 Å². The largest absolute Gasteiger partial charge is 0.444 e. The predicted octanol–water partition coefficient (Wildman–Crippen LogP) is 1.51. The average molecular weight is 295 g/mol. The second-order valence-electron chi connectivity index (χ2n) is 5.66. The Labute approximate surface area is 124 Å². The molecule has 0 spiro atoms. The standard InChI is InChI=1S/C14H21N3O2S/c1-10-15-14(20)12(19-10)9-13(18)17-7-5-16(6-8-17)11-3-2-4-11/h11,20H,2-9H2,1H3. The zero-order valence-corrected chi connectivity index (χ0v) is 12.7. The average Bonchev–Trinajstić information content (AvgIpc) is 2.66. The van der Waals surface area contributed by atoms with E-state index in [1.54, 1.807) is 6.92 Å².